The zero-order valence-corrected chi connectivity index (χ0v) is 31.4. The summed E-state index contributed by atoms with van der Waals surface area (Å²) >= 11 is -2.82. The zero-order valence-electron chi connectivity index (χ0n) is 28.9. The molecular weight excluding hydrogens is 620 g/mol. The summed E-state index contributed by atoms with van der Waals surface area (Å²) in [6.07, 6.45) is 5.27. The van der Waals surface area contributed by atoms with Gasteiger partial charge in [-0.2, -0.15) is 0 Å². The van der Waals surface area contributed by atoms with Gasteiger partial charge in [-0.15, -0.1) is 0 Å². The quantitative estimate of drug-likeness (QED) is 0.176. The molecule has 4 aromatic carbocycles. The molecule has 228 valence electrons. The zero-order chi connectivity index (χ0) is 32.1. The number of allylic oxidation sites excluding steroid dienone is 4. The molecule has 1 unspecified atom stereocenters. The van der Waals surface area contributed by atoms with Crippen molar-refractivity contribution in [3.05, 3.63) is 139 Å². The second kappa shape index (κ2) is 10.6. The minimum atomic E-state index is -2.82. The molecule has 0 amide bonds. The molecule has 3 aliphatic rings. The van der Waals surface area contributed by atoms with E-state index >= 15 is 0 Å². The second-order valence-electron chi connectivity index (χ2n) is 16.7. The number of benzene rings is 4. The molecule has 0 N–H and O–H groups in total. The first kappa shape index (κ1) is 30.8. The predicted molar refractivity (Wildman–Crippen MR) is 191 cm³/mol. The van der Waals surface area contributed by atoms with Crippen LogP contribution in [0.15, 0.2) is 106 Å². The Bertz CT molecular complexity index is 1840. The van der Waals surface area contributed by atoms with E-state index in [2.05, 4.69) is 166 Å². The average Bonchev–Trinajstić information content (AvgIpc) is 3.63. The van der Waals surface area contributed by atoms with Crippen LogP contribution in [0.3, 0.4) is 0 Å². The van der Waals surface area contributed by atoms with Gasteiger partial charge in [0.15, 0.2) is 0 Å². The summed E-state index contributed by atoms with van der Waals surface area (Å²) in [5.74, 6) is 0.449. The van der Waals surface area contributed by atoms with Gasteiger partial charge in [-0.1, -0.05) is 0 Å². The number of rotatable bonds is 2. The van der Waals surface area contributed by atoms with Crippen molar-refractivity contribution in [3.63, 3.8) is 0 Å². The van der Waals surface area contributed by atoms with Crippen molar-refractivity contribution in [2.45, 2.75) is 83.7 Å². The van der Waals surface area contributed by atoms with Crippen LogP contribution in [-0.2, 0) is 32.1 Å². The maximum absolute atomic E-state index is 2.82. The van der Waals surface area contributed by atoms with Crippen LogP contribution in [0.25, 0.3) is 22.3 Å². The molecule has 0 spiro atoms. The number of fused-ring (bicyclic) bond motifs is 6. The SMILES string of the molecule is CC1C=C(C(C)(C)C)C=[C]1[Zr](=[C]1c2ccccc2-c2ccccc21)[CH]1c2cc(C(C)(C)C)ccc2-c2ccc(C(C)(C)C)cc21. The molecule has 0 nitrogen and oxygen atoms in total. The van der Waals surface area contributed by atoms with Crippen molar-refractivity contribution in [2.24, 2.45) is 11.3 Å². The van der Waals surface area contributed by atoms with Crippen LogP contribution >= 0.6 is 0 Å². The molecular formula is C44H48Zr. The van der Waals surface area contributed by atoms with E-state index in [9.17, 15) is 0 Å². The summed E-state index contributed by atoms with van der Waals surface area (Å²) in [5.41, 5.74) is 16.6. The summed E-state index contributed by atoms with van der Waals surface area (Å²) in [6.45, 7) is 23.8. The Hall–Kier alpha value is -2.89. The molecule has 0 radical (unpaired) electrons. The molecule has 1 heteroatoms. The molecule has 7 rings (SSSR count). The molecule has 3 aliphatic carbocycles. The van der Waals surface area contributed by atoms with Crippen molar-refractivity contribution in [2.75, 3.05) is 0 Å². The minimum absolute atomic E-state index is 0.0923. The molecule has 0 aliphatic heterocycles. The summed E-state index contributed by atoms with van der Waals surface area (Å²) in [7, 11) is 0. The van der Waals surface area contributed by atoms with Gasteiger partial charge in [0.1, 0.15) is 0 Å². The van der Waals surface area contributed by atoms with Gasteiger partial charge in [0.25, 0.3) is 0 Å². The summed E-state index contributed by atoms with van der Waals surface area (Å²) in [6, 6.07) is 33.5. The fourth-order valence-corrected chi connectivity index (χ4v) is 17.4. The Morgan fingerprint density at radius 3 is 1.36 bits per heavy atom. The van der Waals surface area contributed by atoms with Crippen molar-refractivity contribution in [1.29, 1.82) is 0 Å². The Morgan fingerprint density at radius 2 is 0.956 bits per heavy atom. The van der Waals surface area contributed by atoms with Crippen LogP contribution in [-0.4, -0.2) is 3.21 Å². The van der Waals surface area contributed by atoms with Gasteiger partial charge in [0, 0.05) is 0 Å². The topological polar surface area (TPSA) is 0 Å². The molecule has 1 atom stereocenters. The predicted octanol–water partition coefficient (Wildman–Crippen LogP) is 11.7. The third kappa shape index (κ3) is 5.09. The van der Waals surface area contributed by atoms with E-state index in [1.54, 1.807) is 17.6 Å². The van der Waals surface area contributed by atoms with Gasteiger partial charge >= 0.3 is 281 Å². The van der Waals surface area contributed by atoms with Gasteiger partial charge < -0.3 is 0 Å². The van der Waals surface area contributed by atoms with E-state index in [-0.39, 0.29) is 16.2 Å². The van der Waals surface area contributed by atoms with Crippen molar-refractivity contribution in [1.82, 2.24) is 0 Å². The fourth-order valence-electron chi connectivity index (χ4n) is 7.76. The molecule has 45 heavy (non-hydrogen) atoms. The first-order chi connectivity index (χ1) is 21.1. The van der Waals surface area contributed by atoms with E-state index in [4.69, 9.17) is 0 Å². The van der Waals surface area contributed by atoms with Crippen LogP contribution in [0.1, 0.15) is 106 Å². The Balaban J connectivity index is 1.63. The average molecular weight is 668 g/mol. The third-order valence-electron chi connectivity index (χ3n) is 10.4. The van der Waals surface area contributed by atoms with Crippen molar-refractivity contribution >= 4 is 3.21 Å². The van der Waals surface area contributed by atoms with Crippen LogP contribution in [0, 0.1) is 11.3 Å². The van der Waals surface area contributed by atoms with Crippen LogP contribution in [0.5, 0.6) is 0 Å². The second-order valence-corrected chi connectivity index (χ2v) is 22.8. The molecule has 4 aromatic rings. The Kier molecular flexibility index (Phi) is 7.22. The molecule has 0 fully saturated rings. The van der Waals surface area contributed by atoms with E-state index in [1.807, 2.05) is 0 Å². The van der Waals surface area contributed by atoms with Crippen LogP contribution in [0.4, 0.5) is 0 Å². The van der Waals surface area contributed by atoms with Gasteiger partial charge in [0.2, 0.25) is 0 Å². The molecule has 0 heterocycles. The van der Waals surface area contributed by atoms with Gasteiger partial charge in [-0.3, -0.25) is 0 Å². The van der Waals surface area contributed by atoms with E-state index in [1.165, 1.54) is 50.1 Å². The third-order valence-corrected chi connectivity index (χ3v) is 19.0. The normalized spacial score (nSPS) is 17.5. The van der Waals surface area contributed by atoms with Crippen LogP contribution in [0.2, 0.25) is 0 Å². The van der Waals surface area contributed by atoms with E-state index in [0.29, 0.717) is 9.54 Å². The Morgan fingerprint density at radius 1 is 0.511 bits per heavy atom. The first-order valence-corrected chi connectivity index (χ1v) is 20.7. The van der Waals surface area contributed by atoms with E-state index in [0.717, 1.165) is 0 Å². The molecule has 0 saturated heterocycles. The number of hydrogen-bond acceptors (Lipinski definition) is 0. The monoisotopic (exact) mass is 666 g/mol. The van der Waals surface area contributed by atoms with Gasteiger partial charge in [-0.25, -0.2) is 0 Å². The summed E-state index contributed by atoms with van der Waals surface area (Å²) in [5, 5.41) is 0. The standard InChI is InChI=1S/C21H25.C13H8.C10H15.Zr/c1-20(2,3)16-7-9-18-14(12-16)11-15-13-17(21(4,5)6)8-10-19(15)18;1-3-7-12-10(5-1)9-11-6-2-4-8-13(11)12;1-8-5-6-9(7-8)10(2,3)4;/h7-13H,1-6H3;1-8H;6-8H,1-4H3;. The van der Waals surface area contributed by atoms with Gasteiger partial charge in [-0.05, 0) is 0 Å². The molecule has 0 bridgehead atoms. The van der Waals surface area contributed by atoms with E-state index < -0.39 is 21.3 Å². The van der Waals surface area contributed by atoms with Gasteiger partial charge in [0.05, 0.1) is 0 Å². The maximum atomic E-state index is 2.68. The fraction of sp³-hybridized carbons (Fsp3) is 0.341. The Labute approximate surface area is 279 Å². The van der Waals surface area contributed by atoms with Crippen molar-refractivity contribution in [3.8, 4) is 22.3 Å². The van der Waals surface area contributed by atoms with Crippen molar-refractivity contribution < 1.29 is 21.3 Å². The first-order valence-electron chi connectivity index (χ1n) is 16.8. The van der Waals surface area contributed by atoms with Crippen LogP contribution < -0.4 is 0 Å². The number of hydrogen-bond donors (Lipinski definition) is 0. The molecule has 0 aromatic heterocycles. The summed E-state index contributed by atoms with van der Waals surface area (Å²) in [4.78, 5) is 0. The summed E-state index contributed by atoms with van der Waals surface area (Å²) < 4.78 is 3.85. The molecule has 0 saturated carbocycles.